The minimum absolute atomic E-state index is 0.0492. The van der Waals surface area contributed by atoms with Gasteiger partial charge in [0, 0.05) is 12.4 Å². The fourth-order valence-electron chi connectivity index (χ4n) is 1.39. The molecule has 2 rings (SSSR count). The second-order valence-electron chi connectivity index (χ2n) is 3.69. The number of alkyl halides is 6. The first kappa shape index (κ1) is 14.2. The second-order valence-corrected chi connectivity index (χ2v) is 3.69. The van der Waals surface area contributed by atoms with E-state index in [1.807, 2.05) is 0 Å². The average molecular weight is 293 g/mol. The van der Waals surface area contributed by atoms with Gasteiger partial charge in [0.1, 0.15) is 11.4 Å². The summed E-state index contributed by atoms with van der Waals surface area (Å²) in [7, 11) is 0. The largest absolute Gasteiger partial charge is 0.433 e. The fourth-order valence-corrected chi connectivity index (χ4v) is 1.39. The lowest BCUT2D eigenvalue weighted by atomic mass is 10.1. The van der Waals surface area contributed by atoms with Crippen molar-refractivity contribution >= 4 is 0 Å². The predicted octanol–water partition coefficient (Wildman–Crippen LogP) is 3.58. The van der Waals surface area contributed by atoms with Crippen LogP contribution in [0.3, 0.4) is 0 Å². The molecular weight excluding hydrogens is 288 g/mol. The zero-order chi connectivity index (χ0) is 15.0. The lowest BCUT2D eigenvalue weighted by molar-refractivity contribution is -0.145. The third kappa shape index (κ3) is 3.03. The number of hydrogen-bond donors (Lipinski definition) is 0. The maximum atomic E-state index is 12.6. The Morgan fingerprint density at radius 3 is 1.90 bits per heavy atom. The average Bonchev–Trinajstić information content (AvgIpc) is 2.37. The standard InChI is InChI=1S/C11H5F6N3/c12-10(13,14)6-4-7(9-18-2-1-3-19-9)20-8(5-6)11(15,16)17/h1-5H. The predicted molar refractivity (Wildman–Crippen MR) is 55.3 cm³/mol. The van der Waals surface area contributed by atoms with E-state index in [1.165, 1.54) is 18.5 Å². The second kappa shape index (κ2) is 4.73. The van der Waals surface area contributed by atoms with Gasteiger partial charge in [-0.1, -0.05) is 0 Å². The first-order valence-electron chi connectivity index (χ1n) is 5.12. The van der Waals surface area contributed by atoms with Crippen molar-refractivity contribution in [3.63, 3.8) is 0 Å². The van der Waals surface area contributed by atoms with E-state index >= 15 is 0 Å². The molecule has 0 saturated carbocycles. The van der Waals surface area contributed by atoms with Crippen molar-refractivity contribution in [3.05, 3.63) is 41.9 Å². The molecule has 0 amide bonds. The summed E-state index contributed by atoms with van der Waals surface area (Å²) in [6, 6.07) is 1.80. The van der Waals surface area contributed by atoms with Crippen molar-refractivity contribution < 1.29 is 26.3 Å². The molecule has 0 atom stereocenters. The first-order chi connectivity index (χ1) is 9.18. The maximum absolute atomic E-state index is 12.6. The molecule has 106 valence electrons. The number of rotatable bonds is 1. The van der Waals surface area contributed by atoms with Crippen LogP contribution in [-0.2, 0) is 12.4 Å². The molecule has 0 radical (unpaired) electrons. The van der Waals surface area contributed by atoms with Crippen LogP contribution in [0.4, 0.5) is 26.3 Å². The molecule has 20 heavy (non-hydrogen) atoms. The van der Waals surface area contributed by atoms with Crippen molar-refractivity contribution in [1.29, 1.82) is 0 Å². The van der Waals surface area contributed by atoms with Gasteiger partial charge in [0.05, 0.1) is 5.56 Å². The van der Waals surface area contributed by atoms with E-state index < -0.39 is 29.3 Å². The molecule has 0 fully saturated rings. The Kier molecular flexibility index (Phi) is 3.36. The molecule has 0 aromatic carbocycles. The summed E-state index contributed by atoms with van der Waals surface area (Å²) in [5.74, 6) is -0.316. The quantitative estimate of drug-likeness (QED) is 0.754. The van der Waals surface area contributed by atoms with Gasteiger partial charge in [-0.3, -0.25) is 0 Å². The fraction of sp³-hybridized carbons (Fsp3) is 0.182. The molecule has 2 aromatic rings. The zero-order valence-electron chi connectivity index (χ0n) is 9.50. The monoisotopic (exact) mass is 293 g/mol. The Labute approximate surface area is 108 Å². The minimum atomic E-state index is -5.00. The van der Waals surface area contributed by atoms with Gasteiger partial charge < -0.3 is 0 Å². The Bertz CT molecular complexity index is 574. The van der Waals surface area contributed by atoms with E-state index in [0.717, 1.165) is 0 Å². The van der Waals surface area contributed by atoms with Crippen molar-refractivity contribution in [2.24, 2.45) is 0 Å². The highest BCUT2D eigenvalue weighted by Gasteiger charge is 2.38. The Balaban J connectivity index is 2.64. The van der Waals surface area contributed by atoms with Gasteiger partial charge in [0.2, 0.25) is 0 Å². The van der Waals surface area contributed by atoms with E-state index in [1.54, 1.807) is 0 Å². The molecule has 0 aliphatic rings. The number of pyridine rings is 1. The van der Waals surface area contributed by atoms with Crippen molar-refractivity contribution in [2.45, 2.75) is 12.4 Å². The van der Waals surface area contributed by atoms with Crippen molar-refractivity contribution in [2.75, 3.05) is 0 Å². The Morgan fingerprint density at radius 2 is 1.40 bits per heavy atom. The van der Waals surface area contributed by atoms with Crippen LogP contribution in [0, 0.1) is 0 Å². The third-order valence-corrected chi connectivity index (χ3v) is 2.24. The molecule has 0 unspecified atom stereocenters. The summed E-state index contributed by atoms with van der Waals surface area (Å²) in [6.45, 7) is 0. The van der Waals surface area contributed by atoms with E-state index in [0.29, 0.717) is 6.07 Å². The van der Waals surface area contributed by atoms with Crippen LogP contribution in [0.25, 0.3) is 11.5 Å². The number of hydrogen-bond acceptors (Lipinski definition) is 3. The summed E-state index contributed by atoms with van der Waals surface area (Å²) in [4.78, 5) is 10.3. The Hall–Kier alpha value is -2.19. The lowest BCUT2D eigenvalue weighted by Gasteiger charge is -2.12. The molecule has 0 spiro atoms. The number of nitrogens with zero attached hydrogens (tertiary/aromatic N) is 3. The minimum Gasteiger partial charge on any atom is -0.240 e. The summed E-state index contributed by atoms with van der Waals surface area (Å²) in [6.07, 6.45) is -7.54. The van der Waals surface area contributed by atoms with Gasteiger partial charge in [-0.15, -0.1) is 0 Å². The van der Waals surface area contributed by atoms with Crippen molar-refractivity contribution in [1.82, 2.24) is 15.0 Å². The molecule has 3 nitrogen and oxygen atoms in total. The third-order valence-electron chi connectivity index (χ3n) is 2.24. The first-order valence-corrected chi connectivity index (χ1v) is 5.12. The lowest BCUT2D eigenvalue weighted by Crippen LogP contribution is -2.13. The molecule has 0 bridgehead atoms. The van der Waals surface area contributed by atoms with Crippen molar-refractivity contribution in [3.8, 4) is 11.5 Å². The van der Waals surface area contributed by atoms with Gasteiger partial charge >= 0.3 is 12.4 Å². The van der Waals surface area contributed by atoms with Crippen LogP contribution in [0.15, 0.2) is 30.6 Å². The van der Waals surface area contributed by atoms with Gasteiger partial charge in [-0.2, -0.15) is 26.3 Å². The molecule has 2 aromatic heterocycles. The molecule has 0 aliphatic carbocycles. The highest BCUT2D eigenvalue weighted by molar-refractivity contribution is 5.51. The molecule has 0 aliphatic heterocycles. The van der Waals surface area contributed by atoms with Crippen LogP contribution >= 0.6 is 0 Å². The van der Waals surface area contributed by atoms with Gasteiger partial charge in [0.15, 0.2) is 5.82 Å². The molecule has 9 heteroatoms. The SMILES string of the molecule is FC(F)(F)c1cc(-c2ncccn2)nc(C(F)(F)F)c1. The molecule has 0 saturated heterocycles. The zero-order valence-corrected chi connectivity index (χ0v) is 9.50. The van der Waals surface area contributed by atoms with Gasteiger partial charge in [0.25, 0.3) is 0 Å². The summed E-state index contributed by atoms with van der Waals surface area (Å²) in [5, 5.41) is 0. The highest BCUT2D eigenvalue weighted by Crippen LogP contribution is 2.36. The maximum Gasteiger partial charge on any atom is 0.433 e. The molecule has 2 heterocycles. The van der Waals surface area contributed by atoms with E-state index in [2.05, 4.69) is 15.0 Å². The number of aromatic nitrogens is 3. The van der Waals surface area contributed by atoms with Gasteiger partial charge in [-0.05, 0) is 18.2 Å². The molecular formula is C11H5F6N3. The van der Waals surface area contributed by atoms with Crippen LogP contribution in [0.1, 0.15) is 11.3 Å². The van der Waals surface area contributed by atoms with Gasteiger partial charge in [-0.25, -0.2) is 15.0 Å². The van der Waals surface area contributed by atoms with E-state index in [4.69, 9.17) is 0 Å². The highest BCUT2D eigenvalue weighted by atomic mass is 19.4. The van der Waals surface area contributed by atoms with Crippen LogP contribution in [0.5, 0.6) is 0 Å². The number of halogens is 6. The summed E-state index contributed by atoms with van der Waals surface area (Å²) in [5.41, 5.74) is -3.69. The normalized spacial score (nSPS) is 12.5. The molecule has 0 N–H and O–H groups in total. The van der Waals surface area contributed by atoms with E-state index in [-0.39, 0.29) is 11.9 Å². The smallest absolute Gasteiger partial charge is 0.240 e. The summed E-state index contributed by atoms with van der Waals surface area (Å²) < 4.78 is 75.6. The van der Waals surface area contributed by atoms with Crippen LogP contribution in [0.2, 0.25) is 0 Å². The Morgan fingerprint density at radius 1 is 0.800 bits per heavy atom. The van der Waals surface area contributed by atoms with E-state index in [9.17, 15) is 26.3 Å². The van der Waals surface area contributed by atoms with Crippen LogP contribution < -0.4 is 0 Å². The summed E-state index contributed by atoms with van der Waals surface area (Å²) >= 11 is 0. The van der Waals surface area contributed by atoms with Crippen LogP contribution in [-0.4, -0.2) is 15.0 Å². The topological polar surface area (TPSA) is 38.7 Å².